The Morgan fingerprint density at radius 3 is 2.36 bits per heavy atom. The fourth-order valence-electron chi connectivity index (χ4n) is 3.91. The van der Waals surface area contributed by atoms with Gasteiger partial charge in [-0.3, -0.25) is 9.59 Å². The van der Waals surface area contributed by atoms with E-state index in [1.807, 2.05) is 26.8 Å². The molecule has 1 fully saturated rings. The highest BCUT2D eigenvalue weighted by Gasteiger charge is 2.32. The summed E-state index contributed by atoms with van der Waals surface area (Å²) in [6, 6.07) is 12.3. The van der Waals surface area contributed by atoms with E-state index in [0.717, 1.165) is 18.1 Å². The Morgan fingerprint density at radius 2 is 1.73 bits per heavy atom. The van der Waals surface area contributed by atoms with Gasteiger partial charge in [-0.25, -0.2) is 8.42 Å². The second kappa shape index (κ2) is 9.09. The first-order chi connectivity index (χ1) is 15.7. The number of carbonyl (C=O) groups excluding carboxylic acids is 1. The van der Waals surface area contributed by atoms with Crippen LogP contribution in [0.3, 0.4) is 0 Å². The number of nitrogens with one attached hydrogen (secondary N) is 1. The van der Waals surface area contributed by atoms with Crippen LogP contribution in [0.15, 0.2) is 62.6 Å². The molecule has 2 heterocycles. The number of anilines is 1. The van der Waals surface area contributed by atoms with Crippen LogP contribution in [0, 0.1) is 0 Å². The van der Waals surface area contributed by atoms with E-state index in [1.54, 1.807) is 12.1 Å². The molecule has 0 saturated carbocycles. The van der Waals surface area contributed by atoms with Crippen LogP contribution in [0.2, 0.25) is 0 Å². The largest absolute Gasteiger partial charge is 0.451 e. The molecule has 1 saturated heterocycles. The quantitative estimate of drug-likeness (QED) is 0.613. The van der Waals surface area contributed by atoms with Crippen molar-refractivity contribution in [3.05, 3.63) is 70.1 Å². The van der Waals surface area contributed by atoms with Crippen LogP contribution in [-0.2, 0) is 21.2 Å². The van der Waals surface area contributed by atoms with Crippen molar-refractivity contribution in [2.24, 2.45) is 0 Å². The Balaban J connectivity index is 1.52. The molecule has 2 aromatic carbocycles. The Labute approximate surface area is 192 Å². The summed E-state index contributed by atoms with van der Waals surface area (Å²) in [6.45, 7) is 6.23. The standard InChI is InChI=1S/C24H26N2O6S/c1-4-17-5-10-22-20(11-17)21(27)12-23(32-22)24(28)25-18-6-8-19(9-7-18)33(29,30)26-13-15(2)31-16(3)14-26/h5-12,15-16H,4,13-14H2,1-3H3,(H,25,28). The molecule has 0 bridgehead atoms. The number of aryl methyl sites for hydroxylation is 1. The number of carbonyl (C=O) groups is 1. The van der Waals surface area contributed by atoms with Gasteiger partial charge in [-0.15, -0.1) is 0 Å². The second-order valence-corrected chi connectivity index (χ2v) is 10.2. The molecule has 33 heavy (non-hydrogen) atoms. The fourth-order valence-corrected chi connectivity index (χ4v) is 5.50. The third kappa shape index (κ3) is 4.85. The van der Waals surface area contributed by atoms with Crippen LogP contribution in [0.5, 0.6) is 0 Å². The Morgan fingerprint density at radius 1 is 1.06 bits per heavy atom. The van der Waals surface area contributed by atoms with E-state index in [0.29, 0.717) is 16.7 Å². The van der Waals surface area contributed by atoms with Crippen molar-refractivity contribution in [3.63, 3.8) is 0 Å². The molecule has 2 atom stereocenters. The van der Waals surface area contributed by atoms with Crippen LogP contribution >= 0.6 is 0 Å². The van der Waals surface area contributed by atoms with E-state index in [9.17, 15) is 18.0 Å². The van der Waals surface area contributed by atoms with Crippen LogP contribution in [0.1, 0.15) is 36.9 Å². The molecule has 0 radical (unpaired) electrons. The summed E-state index contributed by atoms with van der Waals surface area (Å²) in [4.78, 5) is 25.2. The monoisotopic (exact) mass is 470 g/mol. The summed E-state index contributed by atoms with van der Waals surface area (Å²) >= 11 is 0. The minimum absolute atomic E-state index is 0.121. The SMILES string of the molecule is CCc1ccc2oc(C(=O)Nc3ccc(S(=O)(=O)N4CC(C)OC(C)C4)cc3)cc(=O)c2c1. The number of rotatable bonds is 5. The zero-order valence-electron chi connectivity index (χ0n) is 18.7. The van der Waals surface area contributed by atoms with Crippen molar-refractivity contribution < 1.29 is 22.4 Å². The van der Waals surface area contributed by atoms with E-state index < -0.39 is 15.9 Å². The number of amides is 1. The lowest BCUT2D eigenvalue weighted by Gasteiger charge is -2.34. The summed E-state index contributed by atoms with van der Waals surface area (Å²) in [5.41, 5.74) is 1.42. The molecule has 0 aliphatic carbocycles. The average Bonchev–Trinajstić information content (AvgIpc) is 2.78. The van der Waals surface area contributed by atoms with Gasteiger partial charge < -0.3 is 14.5 Å². The number of ether oxygens (including phenoxy) is 1. The Kier molecular flexibility index (Phi) is 6.38. The summed E-state index contributed by atoms with van der Waals surface area (Å²) in [5.74, 6) is -0.718. The molecule has 1 aliphatic rings. The van der Waals surface area contributed by atoms with Crippen LogP contribution in [0.25, 0.3) is 11.0 Å². The van der Waals surface area contributed by atoms with E-state index in [4.69, 9.17) is 9.15 Å². The molecule has 1 N–H and O–H groups in total. The highest BCUT2D eigenvalue weighted by Crippen LogP contribution is 2.23. The number of fused-ring (bicyclic) bond motifs is 1. The molecule has 1 aromatic heterocycles. The number of benzene rings is 2. The van der Waals surface area contributed by atoms with Crippen molar-refractivity contribution in [2.75, 3.05) is 18.4 Å². The van der Waals surface area contributed by atoms with Gasteiger partial charge >= 0.3 is 0 Å². The van der Waals surface area contributed by atoms with Gasteiger partial charge in [-0.05, 0) is 62.2 Å². The minimum Gasteiger partial charge on any atom is -0.451 e. The summed E-state index contributed by atoms with van der Waals surface area (Å²) < 4.78 is 38.6. The molecule has 4 rings (SSSR count). The van der Waals surface area contributed by atoms with Gasteiger partial charge in [0.15, 0.2) is 11.2 Å². The lowest BCUT2D eigenvalue weighted by molar-refractivity contribution is -0.0440. The molecule has 9 heteroatoms. The van der Waals surface area contributed by atoms with Crippen molar-refractivity contribution in [1.82, 2.24) is 4.31 Å². The van der Waals surface area contributed by atoms with Crippen LogP contribution < -0.4 is 10.7 Å². The van der Waals surface area contributed by atoms with Gasteiger partial charge in [-0.1, -0.05) is 13.0 Å². The number of hydrogen-bond donors (Lipinski definition) is 1. The van der Waals surface area contributed by atoms with Gasteiger partial charge in [0.2, 0.25) is 10.0 Å². The molecule has 1 aliphatic heterocycles. The van der Waals surface area contributed by atoms with Gasteiger partial charge in [0.05, 0.1) is 22.5 Å². The molecule has 8 nitrogen and oxygen atoms in total. The van der Waals surface area contributed by atoms with Crippen LogP contribution in [-0.4, -0.2) is 43.9 Å². The first kappa shape index (κ1) is 23.2. The average molecular weight is 471 g/mol. The topological polar surface area (TPSA) is 106 Å². The third-order valence-corrected chi connectivity index (χ3v) is 7.41. The lowest BCUT2D eigenvalue weighted by atomic mass is 10.1. The van der Waals surface area contributed by atoms with Crippen molar-refractivity contribution in [2.45, 2.75) is 44.3 Å². The maximum atomic E-state index is 13.0. The molecular weight excluding hydrogens is 444 g/mol. The molecule has 1 amide bonds. The lowest BCUT2D eigenvalue weighted by Crippen LogP contribution is -2.48. The molecule has 3 aromatic rings. The van der Waals surface area contributed by atoms with E-state index in [1.165, 1.54) is 28.6 Å². The predicted octanol–water partition coefficient (Wildman–Crippen LogP) is 3.41. The highest BCUT2D eigenvalue weighted by atomic mass is 32.2. The normalized spacial score (nSPS) is 19.5. The maximum Gasteiger partial charge on any atom is 0.291 e. The zero-order valence-corrected chi connectivity index (χ0v) is 19.5. The maximum absolute atomic E-state index is 13.0. The summed E-state index contributed by atoms with van der Waals surface area (Å²) in [5, 5.41) is 3.07. The molecule has 0 spiro atoms. The van der Waals surface area contributed by atoms with Gasteiger partial charge in [0.25, 0.3) is 5.91 Å². The first-order valence-electron chi connectivity index (χ1n) is 10.8. The molecule has 174 valence electrons. The Bertz CT molecular complexity index is 1340. The fraction of sp³-hybridized carbons (Fsp3) is 0.333. The van der Waals surface area contributed by atoms with Gasteiger partial charge in [-0.2, -0.15) is 4.31 Å². The number of nitrogens with zero attached hydrogens (tertiary/aromatic N) is 1. The number of sulfonamides is 1. The molecule has 2 unspecified atom stereocenters. The third-order valence-electron chi connectivity index (χ3n) is 5.56. The zero-order chi connectivity index (χ0) is 23.8. The summed E-state index contributed by atoms with van der Waals surface area (Å²) in [6.07, 6.45) is 0.409. The molecular formula is C24H26N2O6S. The minimum atomic E-state index is -3.68. The van der Waals surface area contributed by atoms with Crippen molar-refractivity contribution in [1.29, 1.82) is 0 Å². The number of hydrogen-bond acceptors (Lipinski definition) is 6. The first-order valence-corrected chi connectivity index (χ1v) is 12.2. The predicted molar refractivity (Wildman–Crippen MR) is 125 cm³/mol. The Hall–Kier alpha value is -3.01. The van der Waals surface area contributed by atoms with Gasteiger partial charge in [0, 0.05) is 24.8 Å². The smallest absolute Gasteiger partial charge is 0.291 e. The summed E-state index contributed by atoms with van der Waals surface area (Å²) in [7, 11) is -3.68. The van der Waals surface area contributed by atoms with Crippen LogP contribution in [0.4, 0.5) is 5.69 Å². The van der Waals surface area contributed by atoms with Gasteiger partial charge in [0.1, 0.15) is 5.58 Å². The van der Waals surface area contributed by atoms with Crippen molar-refractivity contribution >= 4 is 32.6 Å². The number of morpholine rings is 1. The van der Waals surface area contributed by atoms with E-state index in [2.05, 4.69) is 5.32 Å². The van der Waals surface area contributed by atoms with E-state index in [-0.39, 0.29) is 41.4 Å². The second-order valence-electron chi connectivity index (χ2n) is 8.22. The highest BCUT2D eigenvalue weighted by molar-refractivity contribution is 7.89. The van der Waals surface area contributed by atoms with E-state index >= 15 is 0 Å². The van der Waals surface area contributed by atoms with Crippen molar-refractivity contribution in [3.8, 4) is 0 Å².